The molecule has 3 rings (SSSR count). The Bertz CT molecular complexity index is 665. The Kier molecular flexibility index (Phi) is 2.55. The van der Waals surface area contributed by atoms with E-state index in [1.165, 1.54) is 4.40 Å². The molecule has 0 spiro atoms. The van der Waals surface area contributed by atoms with Crippen molar-refractivity contribution >= 4 is 23.2 Å². The molecule has 0 atom stereocenters. The number of anilines is 1. The Morgan fingerprint density at radius 3 is 3.00 bits per heavy atom. The van der Waals surface area contributed by atoms with Crippen molar-refractivity contribution in [3.63, 3.8) is 0 Å². The number of carbonyl (C=O) groups excluding carboxylic acids is 1. The van der Waals surface area contributed by atoms with Gasteiger partial charge < -0.3 is 20.3 Å². The summed E-state index contributed by atoms with van der Waals surface area (Å²) in [5.41, 5.74) is 0.496. The highest BCUT2D eigenvalue weighted by molar-refractivity contribution is 5.83. The van der Waals surface area contributed by atoms with Crippen molar-refractivity contribution < 1.29 is 9.72 Å². The molecule has 2 aromatic rings. The first-order valence-corrected chi connectivity index (χ1v) is 5.80. The average molecular weight is 261 g/mol. The smallest absolute Gasteiger partial charge is 0.358 e. The van der Waals surface area contributed by atoms with Crippen LogP contribution in [0.25, 0.3) is 5.65 Å². The van der Waals surface area contributed by atoms with E-state index in [1.807, 2.05) is 0 Å². The van der Waals surface area contributed by atoms with Crippen LogP contribution in [-0.4, -0.2) is 39.8 Å². The van der Waals surface area contributed by atoms with Gasteiger partial charge in [-0.1, -0.05) is 6.07 Å². The summed E-state index contributed by atoms with van der Waals surface area (Å²) in [5.74, 6) is -0.0195. The molecule has 1 aliphatic rings. The van der Waals surface area contributed by atoms with E-state index in [2.05, 4.69) is 10.3 Å². The third kappa shape index (κ3) is 1.86. The molecule has 0 saturated carbocycles. The van der Waals surface area contributed by atoms with Gasteiger partial charge in [0, 0.05) is 19.2 Å². The summed E-state index contributed by atoms with van der Waals surface area (Å²) in [6.45, 7) is 1.06. The lowest BCUT2D eigenvalue weighted by Gasteiger charge is -2.25. The fraction of sp³-hybridized carbons (Fsp3) is 0.273. The number of amides is 1. The highest BCUT2D eigenvalue weighted by Gasteiger charge is 2.29. The quantitative estimate of drug-likeness (QED) is 0.614. The molecule has 0 unspecified atom stereocenters. The number of nitrogens with one attached hydrogen (secondary N) is 1. The summed E-state index contributed by atoms with van der Waals surface area (Å²) < 4.78 is 1.42. The van der Waals surface area contributed by atoms with E-state index in [0.29, 0.717) is 18.7 Å². The fourth-order valence-corrected chi connectivity index (χ4v) is 2.17. The maximum Gasteiger partial charge on any atom is 0.372 e. The summed E-state index contributed by atoms with van der Waals surface area (Å²) in [5, 5.41) is 13.9. The predicted octanol–water partition coefficient (Wildman–Crippen LogP) is 0.179. The van der Waals surface area contributed by atoms with E-state index in [4.69, 9.17) is 0 Å². The average Bonchev–Trinajstić information content (AvgIpc) is 2.78. The van der Waals surface area contributed by atoms with Gasteiger partial charge in [0.1, 0.15) is 0 Å². The molecule has 1 saturated heterocycles. The second kappa shape index (κ2) is 4.23. The predicted molar refractivity (Wildman–Crippen MR) is 67.1 cm³/mol. The maximum absolute atomic E-state index is 11.4. The van der Waals surface area contributed by atoms with Crippen molar-refractivity contribution in [2.75, 3.05) is 24.5 Å². The SMILES string of the molecule is O=C1CN(c2nc3ccccn3c2[N+](=O)[O-])CCN1. The van der Waals surface area contributed by atoms with E-state index in [1.54, 1.807) is 29.3 Å². The molecule has 1 amide bonds. The zero-order chi connectivity index (χ0) is 13.4. The number of hydrogen-bond acceptors (Lipinski definition) is 5. The van der Waals surface area contributed by atoms with Gasteiger partial charge in [0.05, 0.1) is 12.7 Å². The van der Waals surface area contributed by atoms with Crippen molar-refractivity contribution in [1.82, 2.24) is 14.7 Å². The van der Waals surface area contributed by atoms with Crippen LogP contribution in [0.15, 0.2) is 24.4 Å². The van der Waals surface area contributed by atoms with Crippen LogP contribution >= 0.6 is 0 Å². The standard InChI is InChI=1S/C11H11N5O3/c17-9-7-14(6-4-12-9)10-11(16(18)19)15-5-2-1-3-8(15)13-10/h1-3,5H,4,6-7H2,(H,12,17). The van der Waals surface area contributed by atoms with Gasteiger partial charge >= 0.3 is 5.82 Å². The first kappa shape index (κ1) is 11.5. The molecule has 0 bridgehead atoms. The van der Waals surface area contributed by atoms with Crippen molar-refractivity contribution in [3.8, 4) is 0 Å². The fourth-order valence-electron chi connectivity index (χ4n) is 2.17. The first-order valence-electron chi connectivity index (χ1n) is 5.80. The lowest BCUT2D eigenvalue weighted by Crippen LogP contribution is -2.48. The highest BCUT2D eigenvalue weighted by Crippen LogP contribution is 2.28. The second-order valence-corrected chi connectivity index (χ2v) is 4.22. The van der Waals surface area contributed by atoms with Crippen LogP contribution in [-0.2, 0) is 4.79 Å². The molecule has 98 valence electrons. The summed E-state index contributed by atoms with van der Waals surface area (Å²) >= 11 is 0. The molecule has 1 N–H and O–H groups in total. The second-order valence-electron chi connectivity index (χ2n) is 4.22. The Balaban J connectivity index is 2.14. The zero-order valence-corrected chi connectivity index (χ0v) is 9.94. The molecule has 0 aliphatic carbocycles. The minimum atomic E-state index is -0.470. The van der Waals surface area contributed by atoms with Gasteiger partial charge in [0.2, 0.25) is 17.4 Å². The van der Waals surface area contributed by atoms with E-state index in [9.17, 15) is 14.9 Å². The summed E-state index contributed by atoms with van der Waals surface area (Å²) in [6, 6.07) is 5.16. The number of rotatable bonds is 2. The van der Waals surface area contributed by atoms with E-state index in [-0.39, 0.29) is 24.1 Å². The third-order valence-corrected chi connectivity index (χ3v) is 3.00. The van der Waals surface area contributed by atoms with Gasteiger partial charge in [0.25, 0.3) is 0 Å². The van der Waals surface area contributed by atoms with Gasteiger partial charge in [-0.3, -0.25) is 4.79 Å². The van der Waals surface area contributed by atoms with Crippen molar-refractivity contribution in [3.05, 3.63) is 34.5 Å². The highest BCUT2D eigenvalue weighted by atomic mass is 16.6. The number of nitrogens with zero attached hydrogens (tertiary/aromatic N) is 4. The third-order valence-electron chi connectivity index (χ3n) is 3.00. The summed E-state index contributed by atoms with van der Waals surface area (Å²) in [6.07, 6.45) is 1.59. The number of pyridine rings is 1. The van der Waals surface area contributed by atoms with Crippen LogP contribution in [0.5, 0.6) is 0 Å². The van der Waals surface area contributed by atoms with Crippen LogP contribution in [0.2, 0.25) is 0 Å². The molecule has 3 heterocycles. The molecule has 0 radical (unpaired) electrons. The van der Waals surface area contributed by atoms with Gasteiger partial charge in [-0.2, -0.15) is 9.38 Å². The van der Waals surface area contributed by atoms with Crippen LogP contribution in [0, 0.1) is 10.1 Å². The molecule has 19 heavy (non-hydrogen) atoms. The van der Waals surface area contributed by atoms with Crippen LogP contribution in [0.3, 0.4) is 0 Å². The summed E-state index contributed by atoms with van der Waals surface area (Å²) in [7, 11) is 0. The summed E-state index contributed by atoms with van der Waals surface area (Å²) in [4.78, 5) is 28.0. The zero-order valence-electron chi connectivity index (χ0n) is 9.94. The van der Waals surface area contributed by atoms with Crippen molar-refractivity contribution in [2.45, 2.75) is 0 Å². The molecular weight excluding hydrogens is 250 g/mol. The molecule has 1 fully saturated rings. The Morgan fingerprint density at radius 1 is 1.42 bits per heavy atom. The topological polar surface area (TPSA) is 92.8 Å². The number of hydrogen-bond donors (Lipinski definition) is 1. The largest absolute Gasteiger partial charge is 0.372 e. The monoisotopic (exact) mass is 261 g/mol. The normalized spacial score (nSPS) is 15.6. The number of carbonyl (C=O) groups is 1. The Morgan fingerprint density at radius 2 is 2.26 bits per heavy atom. The Labute approximate surface area is 107 Å². The van der Waals surface area contributed by atoms with Gasteiger partial charge in [0.15, 0.2) is 0 Å². The molecule has 1 aliphatic heterocycles. The molecule has 2 aromatic heterocycles. The van der Waals surface area contributed by atoms with Gasteiger partial charge in [-0.15, -0.1) is 0 Å². The number of aromatic nitrogens is 2. The lowest BCUT2D eigenvalue weighted by atomic mass is 10.3. The maximum atomic E-state index is 11.4. The number of nitro groups is 1. The minimum Gasteiger partial charge on any atom is -0.358 e. The van der Waals surface area contributed by atoms with E-state index < -0.39 is 4.92 Å². The van der Waals surface area contributed by atoms with Gasteiger partial charge in [-0.25, -0.2) is 0 Å². The number of fused-ring (bicyclic) bond motifs is 1. The van der Waals surface area contributed by atoms with Crippen LogP contribution < -0.4 is 10.2 Å². The molecule has 0 aromatic carbocycles. The van der Waals surface area contributed by atoms with Crippen molar-refractivity contribution in [1.29, 1.82) is 0 Å². The first-order chi connectivity index (χ1) is 9.16. The minimum absolute atomic E-state index is 0.0880. The number of imidazole rings is 1. The molecular formula is C11H11N5O3. The van der Waals surface area contributed by atoms with Gasteiger partial charge in [-0.05, 0) is 11.0 Å². The molecule has 8 nitrogen and oxygen atoms in total. The Hall–Kier alpha value is -2.64. The number of piperazine rings is 1. The van der Waals surface area contributed by atoms with Crippen LogP contribution in [0.1, 0.15) is 0 Å². The van der Waals surface area contributed by atoms with Crippen LogP contribution in [0.4, 0.5) is 11.6 Å². The van der Waals surface area contributed by atoms with E-state index >= 15 is 0 Å². The van der Waals surface area contributed by atoms with Crippen molar-refractivity contribution in [2.24, 2.45) is 0 Å². The lowest BCUT2D eigenvalue weighted by molar-refractivity contribution is -0.389. The molecule has 8 heteroatoms. The van der Waals surface area contributed by atoms with E-state index in [0.717, 1.165) is 0 Å².